The molecule has 0 atom stereocenters. The number of amides is 1. The number of carbonyl (C=O) groups is 1. The van der Waals surface area contributed by atoms with Crippen LogP contribution in [-0.2, 0) is 11.4 Å². The van der Waals surface area contributed by atoms with Crippen molar-refractivity contribution in [2.24, 2.45) is 5.41 Å². The number of aliphatic hydroxyl groups is 1. The Morgan fingerprint density at radius 3 is 2.75 bits per heavy atom. The van der Waals surface area contributed by atoms with Gasteiger partial charge in [-0.05, 0) is 18.9 Å². The highest BCUT2D eigenvalue weighted by atomic mass is 16.3. The van der Waals surface area contributed by atoms with E-state index in [0.717, 1.165) is 0 Å². The maximum atomic E-state index is 11.8. The standard InChI is InChI=1S/C12H12N2O2/c13-8-12(5-6-12)11(16)14-10-4-2-1-3-9(10)7-15/h1-4,15H,5-7H2,(H,14,16). The molecule has 2 N–H and O–H groups in total. The SMILES string of the molecule is N#CC1(C(=O)Nc2ccccc2CO)CC1. The fourth-order valence-electron chi connectivity index (χ4n) is 1.54. The molecule has 4 nitrogen and oxygen atoms in total. The van der Waals surface area contributed by atoms with E-state index in [2.05, 4.69) is 5.32 Å². The van der Waals surface area contributed by atoms with E-state index in [9.17, 15) is 4.79 Å². The summed E-state index contributed by atoms with van der Waals surface area (Å²) in [7, 11) is 0. The molecule has 82 valence electrons. The molecule has 1 aromatic carbocycles. The van der Waals surface area contributed by atoms with Crippen molar-refractivity contribution in [3.63, 3.8) is 0 Å². The Hall–Kier alpha value is -1.86. The fraction of sp³-hybridized carbons (Fsp3) is 0.333. The van der Waals surface area contributed by atoms with Gasteiger partial charge in [-0.25, -0.2) is 0 Å². The zero-order valence-corrected chi connectivity index (χ0v) is 8.73. The van der Waals surface area contributed by atoms with E-state index in [1.165, 1.54) is 0 Å². The van der Waals surface area contributed by atoms with Gasteiger partial charge in [-0.1, -0.05) is 18.2 Å². The van der Waals surface area contributed by atoms with Gasteiger partial charge in [0.1, 0.15) is 5.41 Å². The number of nitriles is 1. The molecule has 1 amide bonds. The lowest BCUT2D eigenvalue weighted by Crippen LogP contribution is -2.23. The van der Waals surface area contributed by atoms with E-state index in [1.807, 2.05) is 6.07 Å². The number of carbonyl (C=O) groups excluding carboxylic acids is 1. The van der Waals surface area contributed by atoms with Gasteiger partial charge in [-0.2, -0.15) is 5.26 Å². The number of aliphatic hydroxyl groups excluding tert-OH is 1. The zero-order valence-electron chi connectivity index (χ0n) is 8.73. The number of hydrogen-bond acceptors (Lipinski definition) is 3. The molecule has 0 aliphatic heterocycles. The van der Waals surface area contributed by atoms with Crippen LogP contribution in [0.4, 0.5) is 5.69 Å². The van der Waals surface area contributed by atoms with Crippen molar-refractivity contribution in [2.75, 3.05) is 5.32 Å². The first-order valence-electron chi connectivity index (χ1n) is 5.13. The molecule has 0 heterocycles. The lowest BCUT2D eigenvalue weighted by Gasteiger charge is -2.11. The van der Waals surface area contributed by atoms with Crippen LogP contribution in [0.1, 0.15) is 18.4 Å². The first kappa shape index (κ1) is 10.7. The summed E-state index contributed by atoms with van der Waals surface area (Å²) in [6.45, 7) is -0.129. The molecule has 0 spiro atoms. The van der Waals surface area contributed by atoms with Crippen LogP contribution in [0.15, 0.2) is 24.3 Å². The summed E-state index contributed by atoms with van der Waals surface area (Å²) in [5, 5.41) is 20.7. The van der Waals surface area contributed by atoms with E-state index in [-0.39, 0.29) is 12.5 Å². The molecule has 0 unspecified atom stereocenters. The van der Waals surface area contributed by atoms with Crippen LogP contribution in [-0.4, -0.2) is 11.0 Å². The third kappa shape index (κ3) is 1.77. The van der Waals surface area contributed by atoms with Crippen molar-refractivity contribution in [3.8, 4) is 6.07 Å². The highest BCUT2D eigenvalue weighted by Crippen LogP contribution is 2.45. The summed E-state index contributed by atoms with van der Waals surface area (Å²) >= 11 is 0. The second-order valence-electron chi connectivity index (χ2n) is 3.96. The Morgan fingerprint density at radius 2 is 2.19 bits per heavy atom. The maximum absolute atomic E-state index is 11.8. The number of rotatable bonds is 3. The van der Waals surface area contributed by atoms with E-state index in [0.29, 0.717) is 24.1 Å². The van der Waals surface area contributed by atoms with Gasteiger partial charge in [0.2, 0.25) is 5.91 Å². The lowest BCUT2D eigenvalue weighted by molar-refractivity contribution is -0.119. The van der Waals surface area contributed by atoms with Crippen molar-refractivity contribution >= 4 is 11.6 Å². The van der Waals surface area contributed by atoms with Gasteiger partial charge in [-0.3, -0.25) is 4.79 Å². The molecule has 0 aromatic heterocycles. The molecule has 1 aromatic rings. The average Bonchev–Trinajstić information content (AvgIpc) is 3.10. The van der Waals surface area contributed by atoms with Crippen molar-refractivity contribution in [3.05, 3.63) is 29.8 Å². The van der Waals surface area contributed by atoms with E-state index in [1.54, 1.807) is 24.3 Å². The second kappa shape index (κ2) is 3.95. The number of nitrogens with zero attached hydrogens (tertiary/aromatic N) is 1. The smallest absolute Gasteiger partial charge is 0.244 e. The minimum Gasteiger partial charge on any atom is -0.392 e. The number of hydrogen-bond donors (Lipinski definition) is 2. The third-order valence-corrected chi connectivity index (χ3v) is 2.83. The molecular weight excluding hydrogens is 204 g/mol. The molecule has 16 heavy (non-hydrogen) atoms. The highest BCUT2D eigenvalue weighted by molar-refractivity contribution is 5.99. The minimum absolute atomic E-state index is 0.129. The van der Waals surface area contributed by atoms with Crippen molar-refractivity contribution in [1.29, 1.82) is 5.26 Å². The van der Waals surface area contributed by atoms with Gasteiger partial charge >= 0.3 is 0 Å². The Labute approximate surface area is 93.5 Å². The zero-order chi connectivity index (χ0) is 11.6. The molecule has 1 aliphatic rings. The molecule has 0 bridgehead atoms. The Balaban J connectivity index is 2.16. The van der Waals surface area contributed by atoms with Crippen LogP contribution in [0.2, 0.25) is 0 Å². The summed E-state index contributed by atoms with van der Waals surface area (Å²) < 4.78 is 0. The van der Waals surface area contributed by atoms with Gasteiger partial charge in [0, 0.05) is 11.3 Å². The Bertz CT molecular complexity index is 458. The quantitative estimate of drug-likeness (QED) is 0.802. The van der Waals surface area contributed by atoms with E-state index < -0.39 is 5.41 Å². The molecule has 4 heteroatoms. The molecule has 0 saturated heterocycles. The summed E-state index contributed by atoms with van der Waals surface area (Å²) in [6, 6.07) is 9.06. The van der Waals surface area contributed by atoms with E-state index in [4.69, 9.17) is 10.4 Å². The summed E-state index contributed by atoms with van der Waals surface area (Å²) in [5.74, 6) is -0.268. The van der Waals surface area contributed by atoms with Gasteiger partial charge in [0.15, 0.2) is 0 Å². The molecule has 1 saturated carbocycles. The predicted octanol–water partition coefficient (Wildman–Crippen LogP) is 1.42. The second-order valence-corrected chi connectivity index (χ2v) is 3.96. The van der Waals surface area contributed by atoms with E-state index >= 15 is 0 Å². The minimum atomic E-state index is -0.831. The van der Waals surface area contributed by atoms with Crippen LogP contribution in [0, 0.1) is 16.7 Å². The summed E-state index contributed by atoms with van der Waals surface area (Å²) in [4.78, 5) is 11.8. The number of para-hydroxylation sites is 1. The van der Waals surface area contributed by atoms with Crippen LogP contribution in [0.3, 0.4) is 0 Å². The highest BCUT2D eigenvalue weighted by Gasteiger charge is 2.50. The van der Waals surface area contributed by atoms with Crippen LogP contribution >= 0.6 is 0 Å². The maximum Gasteiger partial charge on any atom is 0.244 e. The predicted molar refractivity (Wildman–Crippen MR) is 58.3 cm³/mol. The molecule has 0 radical (unpaired) electrons. The third-order valence-electron chi connectivity index (χ3n) is 2.83. The first-order chi connectivity index (χ1) is 7.72. The van der Waals surface area contributed by atoms with Crippen LogP contribution in [0.25, 0.3) is 0 Å². The number of benzene rings is 1. The van der Waals surface area contributed by atoms with Gasteiger partial charge in [0.05, 0.1) is 12.7 Å². The van der Waals surface area contributed by atoms with Gasteiger partial charge < -0.3 is 10.4 Å². The van der Waals surface area contributed by atoms with Crippen molar-refractivity contribution < 1.29 is 9.90 Å². The number of nitrogens with one attached hydrogen (secondary N) is 1. The lowest BCUT2D eigenvalue weighted by atomic mass is 10.1. The monoisotopic (exact) mass is 216 g/mol. The molecule has 1 fully saturated rings. The van der Waals surface area contributed by atoms with Crippen molar-refractivity contribution in [1.82, 2.24) is 0 Å². The van der Waals surface area contributed by atoms with Gasteiger partial charge in [-0.15, -0.1) is 0 Å². The summed E-state index contributed by atoms with van der Waals surface area (Å²) in [5.41, 5.74) is 0.406. The van der Waals surface area contributed by atoms with Crippen LogP contribution in [0.5, 0.6) is 0 Å². The largest absolute Gasteiger partial charge is 0.392 e. The molecular formula is C12H12N2O2. The fourth-order valence-corrected chi connectivity index (χ4v) is 1.54. The van der Waals surface area contributed by atoms with Crippen LogP contribution < -0.4 is 5.32 Å². The molecule has 1 aliphatic carbocycles. The first-order valence-corrected chi connectivity index (χ1v) is 5.13. The normalized spacial score (nSPS) is 16.2. The Kier molecular flexibility index (Phi) is 2.63. The number of anilines is 1. The average molecular weight is 216 g/mol. The topological polar surface area (TPSA) is 73.1 Å². The Morgan fingerprint density at radius 1 is 1.50 bits per heavy atom. The van der Waals surface area contributed by atoms with Gasteiger partial charge in [0.25, 0.3) is 0 Å². The summed E-state index contributed by atoms with van der Waals surface area (Å²) in [6.07, 6.45) is 1.24. The van der Waals surface area contributed by atoms with Crippen molar-refractivity contribution in [2.45, 2.75) is 19.4 Å². The molecule has 2 rings (SSSR count).